The number of hydrogen-bond acceptors (Lipinski definition) is 2. The lowest BCUT2D eigenvalue weighted by molar-refractivity contribution is 0.306. The Bertz CT molecular complexity index is 143. The molecule has 1 saturated heterocycles. The van der Waals surface area contributed by atoms with Crippen LogP contribution in [0.2, 0.25) is 0 Å². The van der Waals surface area contributed by atoms with Gasteiger partial charge in [-0.15, -0.1) is 0 Å². The molecule has 1 rings (SSSR count). The summed E-state index contributed by atoms with van der Waals surface area (Å²) in [6, 6.07) is 0.711. The van der Waals surface area contributed by atoms with Gasteiger partial charge in [0, 0.05) is 12.6 Å². The third-order valence-electron chi connectivity index (χ3n) is 2.50. The molecule has 12 heavy (non-hydrogen) atoms. The smallest absolute Gasteiger partial charge is 0.0279 e. The van der Waals surface area contributed by atoms with Gasteiger partial charge in [0.15, 0.2) is 0 Å². The van der Waals surface area contributed by atoms with Gasteiger partial charge in [-0.1, -0.05) is 19.1 Å². The summed E-state index contributed by atoms with van der Waals surface area (Å²) in [5.41, 5.74) is 0. The first-order valence-corrected chi connectivity index (χ1v) is 4.93. The molecule has 2 nitrogen and oxygen atoms in total. The van der Waals surface area contributed by atoms with Crippen LogP contribution in [0.3, 0.4) is 0 Å². The Balaban J connectivity index is 2.30. The highest BCUT2D eigenvalue weighted by molar-refractivity contribution is 4.98. The van der Waals surface area contributed by atoms with Crippen LogP contribution in [0.15, 0.2) is 12.2 Å². The maximum atomic E-state index is 3.12. The minimum Gasteiger partial charge on any atom is -0.316 e. The zero-order chi connectivity index (χ0) is 8.81. The summed E-state index contributed by atoms with van der Waals surface area (Å²) in [4.78, 5) is 2.53. The lowest BCUT2D eigenvalue weighted by Crippen LogP contribution is -2.27. The van der Waals surface area contributed by atoms with E-state index in [1.54, 1.807) is 0 Å². The summed E-state index contributed by atoms with van der Waals surface area (Å²) >= 11 is 0. The Hall–Kier alpha value is -0.340. The number of likely N-dealkylation sites (tertiary alicyclic amines) is 1. The van der Waals surface area contributed by atoms with Gasteiger partial charge in [0.05, 0.1) is 0 Å². The van der Waals surface area contributed by atoms with Gasteiger partial charge >= 0.3 is 0 Å². The normalized spacial score (nSPS) is 25.7. The highest BCUT2D eigenvalue weighted by atomic mass is 15.2. The first-order chi connectivity index (χ1) is 5.88. The van der Waals surface area contributed by atoms with E-state index in [0.29, 0.717) is 6.04 Å². The van der Waals surface area contributed by atoms with E-state index in [9.17, 15) is 0 Å². The molecular weight excluding hydrogens is 148 g/mol. The molecule has 0 spiro atoms. The van der Waals surface area contributed by atoms with Crippen LogP contribution in [0.5, 0.6) is 0 Å². The van der Waals surface area contributed by atoms with E-state index in [0.717, 1.165) is 6.54 Å². The van der Waals surface area contributed by atoms with Crippen LogP contribution in [0.1, 0.15) is 19.8 Å². The monoisotopic (exact) mass is 168 g/mol. The maximum Gasteiger partial charge on any atom is 0.0279 e. The van der Waals surface area contributed by atoms with Crippen molar-refractivity contribution in [1.82, 2.24) is 10.2 Å². The molecule has 1 fully saturated rings. The molecule has 0 radical (unpaired) electrons. The van der Waals surface area contributed by atoms with Gasteiger partial charge in [0.25, 0.3) is 0 Å². The van der Waals surface area contributed by atoms with Gasteiger partial charge in [0.2, 0.25) is 0 Å². The molecule has 1 aliphatic heterocycles. The largest absolute Gasteiger partial charge is 0.316 e. The van der Waals surface area contributed by atoms with Crippen molar-refractivity contribution < 1.29 is 0 Å². The van der Waals surface area contributed by atoms with Crippen LogP contribution in [0, 0.1) is 0 Å². The van der Waals surface area contributed by atoms with E-state index in [2.05, 4.69) is 29.3 Å². The van der Waals surface area contributed by atoms with Crippen molar-refractivity contribution in [3.63, 3.8) is 0 Å². The molecule has 0 aliphatic carbocycles. The van der Waals surface area contributed by atoms with Crippen molar-refractivity contribution in [3.05, 3.63) is 12.2 Å². The fourth-order valence-corrected chi connectivity index (χ4v) is 1.81. The van der Waals surface area contributed by atoms with Crippen LogP contribution in [-0.2, 0) is 0 Å². The fraction of sp³-hybridized carbons (Fsp3) is 0.800. The number of likely N-dealkylation sites (N-methyl/N-ethyl adjacent to an activating group) is 2. The van der Waals surface area contributed by atoms with Gasteiger partial charge in [-0.3, -0.25) is 4.90 Å². The second-order valence-corrected chi connectivity index (χ2v) is 3.32. The van der Waals surface area contributed by atoms with Gasteiger partial charge in [-0.2, -0.15) is 0 Å². The van der Waals surface area contributed by atoms with Crippen LogP contribution in [0.4, 0.5) is 0 Å². The lowest BCUT2D eigenvalue weighted by Gasteiger charge is -2.19. The third kappa shape index (κ3) is 2.61. The summed E-state index contributed by atoms with van der Waals surface area (Å²) in [6.07, 6.45) is 7.28. The van der Waals surface area contributed by atoms with Gasteiger partial charge in [-0.25, -0.2) is 0 Å². The molecule has 0 aromatic heterocycles. The molecule has 0 aromatic carbocycles. The first-order valence-electron chi connectivity index (χ1n) is 4.93. The van der Waals surface area contributed by atoms with Crippen molar-refractivity contribution in [3.8, 4) is 0 Å². The van der Waals surface area contributed by atoms with E-state index >= 15 is 0 Å². The SMILES string of the molecule is CCN1CCCC1/C=C\CNC. The Kier molecular flexibility index (Phi) is 4.33. The average molecular weight is 168 g/mol. The Morgan fingerprint density at radius 3 is 3.08 bits per heavy atom. The summed E-state index contributed by atoms with van der Waals surface area (Å²) < 4.78 is 0. The maximum absolute atomic E-state index is 3.12. The molecule has 1 unspecified atom stereocenters. The minimum atomic E-state index is 0.711. The summed E-state index contributed by atoms with van der Waals surface area (Å²) in [5, 5.41) is 3.12. The van der Waals surface area contributed by atoms with Crippen LogP contribution >= 0.6 is 0 Å². The molecule has 1 atom stereocenters. The van der Waals surface area contributed by atoms with E-state index in [1.807, 2.05) is 7.05 Å². The predicted octanol–water partition coefficient (Wildman–Crippen LogP) is 1.25. The molecule has 70 valence electrons. The molecule has 1 N–H and O–H groups in total. The zero-order valence-electron chi connectivity index (χ0n) is 8.21. The Morgan fingerprint density at radius 2 is 2.42 bits per heavy atom. The molecule has 0 bridgehead atoms. The van der Waals surface area contributed by atoms with Crippen LogP contribution in [-0.4, -0.2) is 37.6 Å². The minimum absolute atomic E-state index is 0.711. The molecule has 0 saturated carbocycles. The standard InChI is InChI=1S/C10H20N2/c1-3-12-9-5-7-10(12)6-4-8-11-2/h4,6,10-11H,3,5,7-9H2,1-2H3/b6-4-. The summed E-state index contributed by atoms with van der Waals surface area (Å²) in [6.45, 7) is 5.71. The van der Waals surface area contributed by atoms with E-state index in [1.165, 1.54) is 25.9 Å². The summed E-state index contributed by atoms with van der Waals surface area (Å²) in [5.74, 6) is 0. The number of rotatable bonds is 4. The lowest BCUT2D eigenvalue weighted by atomic mass is 10.2. The van der Waals surface area contributed by atoms with Crippen molar-refractivity contribution in [1.29, 1.82) is 0 Å². The van der Waals surface area contributed by atoms with E-state index in [4.69, 9.17) is 0 Å². The van der Waals surface area contributed by atoms with E-state index < -0.39 is 0 Å². The molecule has 2 heteroatoms. The molecule has 1 heterocycles. The molecule has 0 amide bonds. The highest BCUT2D eigenvalue weighted by Crippen LogP contribution is 2.17. The number of nitrogens with one attached hydrogen (secondary N) is 1. The Morgan fingerprint density at radius 1 is 1.58 bits per heavy atom. The van der Waals surface area contributed by atoms with E-state index in [-0.39, 0.29) is 0 Å². The second-order valence-electron chi connectivity index (χ2n) is 3.32. The van der Waals surface area contributed by atoms with Crippen molar-refractivity contribution >= 4 is 0 Å². The molecule has 0 aromatic rings. The number of hydrogen-bond donors (Lipinski definition) is 1. The first kappa shape index (κ1) is 9.75. The average Bonchev–Trinajstić information content (AvgIpc) is 2.52. The van der Waals surface area contributed by atoms with Crippen molar-refractivity contribution in [2.45, 2.75) is 25.8 Å². The highest BCUT2D eigenvalue weighted by Gasteiger charge is 2.19. The van der Waals surface area contributed by atoms with Crippen LogP contribution in [0.25, 0.3) is 0 Å². The zero-order valence-corrected chi connectivity index (χ0v) is 8.21. The van der Waals surface area contributed by atoms with Gasteiger partial charge in [0.1, 0.15) is 0 Å². The Labute approximate surface area is 75.6 Å². The van der Waals surface area contributed by atoms with Gasteiger partial charge in [-0.05, 0) is 33.0 Å². The predicted molar refractivity (Wildman–Crippen MR) is 53.3 cm³/mol. The van der Waals surface area contributed by atoms with Crippen LogP contribution < -0.4 is 5.32 Å². The summed E-state index contributed by atoms with van der Waals surface area (Å²) in [7, 11) is 1.98. The van der Waals surface area contributed by atoms with Gasteiger partial charge < -0.3 is 5.32 Å². The quantitative estimate of drug-likeness (QED) is 0.635. The molecular formula is C10H20N2. The third-order valence-corrected chi connectivity index (χ3v) is 2.50. The van der Waals surface area contributed by atoms with Crippen molar-refractivity contribution in [2.75, 3.05) is 26.7 Å². The topological polar surface area (TPSA) is 15.3 Å². The fourth-order valence-electron chi connectivity index (χ4n) is 1.81. The second kappa shape index (κ2) is 5.33. The molecule has 1 aliphatic rings. The number of nitrogens with zero attached hydrogens (tertiary/aromatic N) is 1. The van der Waals surface area contributed by atoms with Crippen molar-refractivity contribution in [2.24, 2.45) is 0 Å².